The molecular weight excluding hydrogens is 380 g/mol. The van der Waals surface area contributed by atoms with Gasteiger partial charge >= 0.3 is 0 Å². The Hall–Kier alpha value is -1.83. The lowest BCUT2D eigenvalue weighted by Crippen LogP contribution is -2.44. The first-order valence-electron chi connectivity index (χ1n) is 8.98. The third kappa shape index (κ3) is 5.12. The van der Waals surface area contributed by atoms with Crippen LogP contribution in [0.15, 0.2) is 53.4 Å². The predicted octanol–water partition coefficient (Wildman–Crippen LogP) is 3.21. The molecule has 2 N–H and O–H groups in total. The molecule has 0 saturated heterocycles. The summed E-state index contributed by atoms with van der Waals surface area (Å²) in [5.74, 6) is 0.348. The van der Waals surface area contributed by atoms with Gasteiger partial charge < -0.3 is 5.32 Å². The Balaban J connectivity index is 1.74. The highest BCUT2D eigenvalue weighted by atomic mass is 32.2. The molecule has 1 amide bonds. The minimum absolute atomic E-state index is 0.157. The van der Waals surface area contributed by atoms with Gasteiger partial charge in [-0.05, 0) is 73.1 Å². The van der Waals surface area contributed by atoms with E-state index in [4.69, 9.17) is 0 Å². The second-order valence-electron chi connectivity index (χ2n) is 6.59. The number of carbonyl (C=O) groups excluding carboxylic acids is 1. The van der Waals surface area contributed by atoms with Crippen molar-refractivity contribution in [2.24, 2.45) is 0 Å². The van der Waals surface area contributed by atoms with Gasteiger partial charge in [0.1, 0.15) is 6.04 Å². The summed E-state index contributed by atoms with van der Waals surface area (Å²) in [7, 11) is -3.76. The maximum Gasteiger partial charge on any atom is 0.242 e. The van der Waals surface area contributed by atoms with Crippen LogP contribution in [-0.2, 0) is 27.7 Å². The van der Waals surface area contributed by atoms with E-state index in [-0.39, 0.29) is 10.8 Å². The monoisotopic (exact) mass is 404 g/mol. The number of amides is 1. The average molecular weight is 405 g/mol. The molecule has 144 valence electrons. The number of hydrogen-bond acceptors (Lipinski definition) is 4. The summed E-state index contributed by atoms with van der Waals surface area (Å²) in [6.45, 7) is 0. The summed E-state index contributed by atoms with van der Waals surface area (Å²) in [5.41, 5.74) is 3.31. The number of nitrogens with one attached hydrogen (secondary N) is 2. The van der Waals surface area contributed by atoms with Crippen molar-refractivity contribution in [3.8, 4) is 0 Å². The van der Waals surface area contributed by atoms with Crippen molar-refractivity contribution in [1.29, 1.82) is 0 Å². The highest BCUT2D eigenvalue weighted by Crippen LogP contribution is 2.25. The second-order valence-corrected chi connectivity index (χ2v) is 9.29. The van der Waals surface area contributed by atoms with Crippen molar-refractivity contribution in [2.45, 2.75) is 36.6 Å². The molecule has 1 aliphatic carbocycles. The summed E-state index contributed by atoms with van der Waals surface area (Å²) < 4.78 is 27.8. The lowest BCUT2D eigenvalue weighted by molar-refractivity contribution is -0.117. The number of anilines is 1. The van der Waals surface area contributed by atoms with Crippen LogP contribution in [0.4, 0.5) is 5.69 Å². The van der Waals surface area contributed by atoms with E-state index >= 15 is 0 Å². The summed E-state index contributed by atoms with van der Waals surface area (Å²) in [6, 6.07) is 13.2. The Bertz CT molecular complexity index is 899. The number of hydrogen-bond donors (Lipinski definition) is 2. The molecule has 1 atom stereocenters. The van der Waals surface area contributed by atoms with E-state index in [1.807, 2.05) is 24.5 Å². The summed E-state index contributed by atoms with van der Waals surface area (Å²) >= 11 is 1.58. The van der Waals surface area contributed by atoms with Gasteiger partial charge in [0.05, 0.1) is 4.90 Å². The van der Waals surface area contributed by atoms with E-state index in [1.54, 1.807) is 30.0 Å². The van der Waals surface area contributed by atoms with Crippen LogP contribution in [0.25, 0.3) is 0 Å². The quantitative estimate of drug-likeness (QED) is 0.708. The van der Waals surface area contributed by atoms with Gasteiger partial charge in [0.2, 0.25) is 15.9 Å². The third-order valence-electron chi connectivity index (χ3n) is 4.64. The highest BCUT2D eigenvalue weighted by molar-refractivity contribution is 7.98. The number of fused-ring (bicyclic) bond motifs is 1. The van der Waals surface area contributed by atoms with Crippen LogP contribution in [-0.4, -0.2) is 32.4 Å². The van der Waals surface area contributed by atoms with E-state index in [0.29, 0.717) is 17.9 Å². The van der Waals surface area contributed by atoms with E-state index in [0.717, 1.165) is 19.3 Å². The van der Waals surface area contributed by atoms with E-state index in [9.17, 15) is 13.2 Å². The van der Waals surface area contributed by atoms with Crippen molar-refractivity contribution in [3.05, 3.63) is 59.7 Å². The summed E-state index contributed by atoms with van der Waals surface area (Å²) in [5, 5.41) is 2.88. The largest absolute Gasteiger partial charge is 0.325 e. The van der Waals surface area contributed by atoms with Crippen molar-refractivity contribution in [2.75, 3.05) is 17.3 Å². The van der Waals surface area contributed by atoms with Gasteiger partial charge in [-0.3, -0.25) is 4.79 Å². The zero-order valence-corrected chi connectivity index (χ0v) is 16.9. The normalized spacial score (nSPS) is 14.6. The van der Waals surface area contributed by atoms with Crippen LogP contribution < -0.4 is 10.0 Å². The molecule has 2 aromatic carbocycles. The fourth-order valence-corrected chi connectivity index (χ4v) is 4.94. The molecule has 27 heavy (non-hydrogen) atoms. The molecule has 0 radical (unpaired) electrons. The molecule has 0 aromatic heterocycles. The van der Waals surface area contributed by atoms with Crippen LogP contribution in [0.1, 0.15) is 24.0 Å². The Labute approximate surface area is 165 Å². The van der Waals surface area contributed by atoms with Crippen molar-refractivity contribution in [1.82, 2.24) is 4.72 Å². The minimum Gasteiger partial charge on any atom is -0.325 e. The van der Waals surface area contributed by atoms with Crippen LogP contribution >= 0.6 is 11.8 Å². The third-order valence-corrected chi connectivity index (χ3v) is 6.78. The fourth-order valence-electron chi connectivity index (χ4n) is 3.21. The van der Waals surface area contributed by atoms with Gasteiger partial charge in [0.25, 0.3) is 0 Å². The standard InChI is InChI=1S/C20H24N2O3S2/c1-26-13-12-19(22-27(24,25)18-8-3-2-4-9-18)20(23)21-17-11-10-15-6-5-7-16(15)14-17/h2-4,8-11,14,19,22H,5-7,12-13H2,1H3,(H,21,23)/t19-/m1/s1. The van der Waals surface area contributed by atoms with Crippen LogP contribution in [0, 0.1) is 0 Å². The Morgan fingerprint density at radius 3 is 2.59 bits per heavy atom. The second kappa shape index (κ2) is 8.91. The van der Waals surface area contributed by atoms with Gasteiger partial charge in [-0.1, -0.05) is 24.3 Å². The number of sulfonamides is 1. The van der Waals surface area contributed by atoms with Crippen LogP contribution in [0.5, 0.6) is 0 Å². The predicted molar refractivity (Wildman–Crippen MR) is 111 cm³/mol. The van der Waals surface area contributed by atoms with Crippen molar-refractivity contribution in [3.63, 3.8) is 0 Å². The lowest BCUT2D eigenvalue weighted by Gasteiger charge is -2.18. The van der Waals surface area contributed by atoms with Gasteiger partial charge in [-0.15, -0.1) is 0 Å². The zero-order valence-electron chi connectivity index (χ0n) is 15.3. The molecule has 3 rings (SSSR count). The molecule has 5 nitrogen and oxygen atoms in total. The van der Waals surface area contributed by atoms with Gasteiger partial charge in [-0.2, -0.15) is 16.5 Å². The average Bonchev–Trinajstić information content (AvgIpc) is 3.13. The molecule has 0 bridgehead atoms. The molecule has 0 aliphatic heterocycles. The topological polar surface area (TPSA) is 75.3 Å². The van der Waals surface area contributed by atoms with E-state index < -0.39 is 16.1 Å². The molecule has 0 saturated carbocycles. The summed E-state index contributed by atoms with van der Waals surface area (Å²) in [6.07, 6.45) is 5.59. The highest BCUT2D eigenvalue weighted by Gasteiger charge is 2.25. The van der Waals surface area contributed by atoms with Crippen molar-refractivity contribution < 1.29 is 13.2 Å². The molecule has 1 aliphatic rings. The molecule has 0 heterocycles. The first-order valence-corrected chi connectivity index (χ1v) is 11.9. The first-order chi connectivity index (χ1) is 13.0. The summed E-state index contributed by atoms with van der Waals surface area (Å²) in [4.78, 5) is 12.9. The molecular formula is C20H24N2O3S2. The maximum atomic E-state index is 12.8. The molecule has 0 fully saturated rings. The SMILES string of the molecule is CSCC[C@@H](NS(=O)(=O)c1ccccc1)C(=O)Nc1ccc2c(c1)CCC2. The number of rotatable bonds is 8. The van der Waals surface area contributed by atoms with Crippen molar-refractivity contribution >= 4 is 33.4 Å². The molecule has 0 spiro atoms. The van der Waals surface area contributed by atoms with Crippen LogP contribution in [0.2, 0.25) is 0 Å². The number of thioether (sulfide) groups is 1. The Kier molecular flexibility index (Phi) is 6.57. The Morgan fingerprint density at radius 1 is 1.11 bits per heavy atom. The number of aryl methyl sites for hydroxylation is 2. The maximum absolute atomic E-state index is 12.8. The Morgan fingerprint density at radius 2 is 1.85 bits per heavy atom. The molecule has 7 heteroatoms. The molecule has 0 unspecified atom stereocenters. The van der Waals surface area contributed by atoms with E-state index in [2.05, 4.69) is 10.0 Å². The minimum atomic E-state index is -3.76. The lowest BCUT2D eigenvalue weighted by atomic mass is 10.1. The smallest absolute Gasteiger partial charge is 0.242 e. The number of carbonyl (C=O) groups is 1. The van der Waals surface area contributed by atoms with Gasteiger partial charge in [-0.25, -0.2) is 8.42 Å². The van der Waals surface area contributed by atoms with E-state index in [1.165, 1.54) is 23.3 Å². The molecule has 2 aromatic rings. The first kappa shape index (κ1) is 19.9. The zero-order chi connectivity index (χ0) is 19.3. The fraction of sp³-hybridized carbons (Fsp3) is 0.350. The van der Waals surface area contributed by atoms with Gasteiger partial charge in [0, 0.05) is 5.69 Å². The number of benzene rings is 2. The van der Waals surface area contributed by atoms with Crippen LogP contribution in [0.3, 0.4) is 0 Å². The van der Waals surface area contributed by atoms with Gasteiger partial charge in [0.15, 0.2) is 0 Å².